The van der Waals surface area contributed by atoms with E-state index in [9.17, 15) is 4.39 Å². The maximum absolute atomic E-state index is 13.1. The summed E-state index contributed by atoms with van der Waals surface area (Å²) in [4.78, 5) is 3.80. The Morgan fingerprint density at radius 1 is 1.50 bits per heavy atom. The van der Waals surface area contributed by atoms with Gasteiger partial charge >= 0.3 is 0 Å². The molecule has 0 unspecified atom stereocenters. The van der Waals surface area contributed by atoms with E-state index in [4.69, 9.17) is 11.6 Å². The van der Waals surface area contributed by atoms with Crippen LogP contribution in [0.1, 0.15) is 30.9 Å². The van der Waals surface area contributed by atoms with Gasteiger partial charge in [0.15, 0.2) is 11.0 Å². The van der Waals surface area contributed by atoms with Gasteiger partial charge in [0.1, 0.15) is 0 Å². The second-order valence-corrected chi connectivity index (χ2v) is 3.90. The number of halogens is 2. The number of rotatable bonds is 1. The second kappa shape index (κ2) is 4.24. The lowest BCUT2D eigenvalue weighted by Crippen LogP contribution is -2.26. The van der Waals surface area contributed by atoms with Gasteiger partial charge in [0, 0.05) is 12.2 Å². The molecule has 0 aliphatic carbocycles. The molecule has 1 fully saturated rings. The normalized spacial score (nSPS) is 22.3. The van der Waals surface area contributed by atoms with Gasteiger partial charge in [-0.05, 0) is 31.0 Å². The average Bonchev–Trinajstić information content (AvgIpc) is 2.23. The van der Waals surface area contributed by atoms with Crippen molar-refractivity contribution in [2.45, 2.75) is 25.3 Å². The summed E-state index contributed by atoms with van der Waals surface area (Å²) < 4.78 is 13.1. The van der Waals surface area contributed by atoms with Crippen LogP contribution in [0.5, 0.6) is 0 Å². The molecule has 0 bridgehead atoms. The van der Waals surface area contributed by atoms with Crippen LogP contribution in [0.4, 0.5) is 4.39 Å². The molecule has 2 nitrogen and oxygen atoms in total. The largest absolute Gasteiger partial charge is 0.310 e. The number of pyridine rings is 1. The van der Waals surface area contributed by atoms with Gasteiger partial charge in [0.2, 0.25) is 0 Å². The van der Waals surface area contributed by atoms with Crippen LogP contribution in [-0.4, -0.2) is 11.5 Å². The van der Waals surface area contributed by atoms with Crippen molar-refractivity contribution in [3.8, 4) is 0 Å². The molecule has 1 aliphatic heterocycles. The SMILES string of the molecule is Fc1cc([C@@H]2CCCCN2)cnc1Cl. The van der Waals surface area contributed by atoms with E-state index >= 15 is 0 Å². The Morgan fingerprint density at radius 3 is 3.00 bits per heavy atom. The van der Waals surface area contributed by atoms with E-state index < -0.39 is 5.82 Å². The van der Waals surface area contributed by atoms with Gasteiger partial charge in [0.05, 0.1) is 0 Å². The fourth-order valence-electron chi connectivity index (χ4n) is 1.76. The van der Waals surface area contributed by atoms with Gasteiger partial charge in [0.25, 0.3) is 0 Å². The molecule has 0 spiro atoms. The Kier molecular flexibility index (Phi) is 2.99. The van der Waals surface area contributed by atoms with Gasteiger partial charge in [-0.15, -0.1) is 0 Å². The van der Waals surface area contributed by atoms with Crippen molar-refractivity contribution < 1.29 is 4.39 Å². The Balaban J connectivity index is 2.18. The summed E-state index contributed by atoms with van der Waals surface area (Å²) in [6.07, 6.45) is 5.07. The fourth-order valence-corrected chi connectivity index (χ4v) is 1.87. The lowest BCUT2D eigenvalue weighted by Gasteiger charge is -2.23. The second-order valence-electron chi connectivity index (χ2n) is 3.54. The minimum absolute atomic E-state index is 0.0513. The van der Waals surface area contributed by atoms with Crippen LogP contribution in [0.15, 0.2) is 12.3 Å². The molecule has 4 heteroatoms. The van der Waals surface area contributed by atoms with Gasteiger partial charge in [-0.3, -0.25) is 0 Å². The molecular formula is C10H12ClFN2. The maximum atomic E-state index is 13.1. The van der Waals surface area contributed by atoms with Crippen molar-refractivity contribution in [3.05, 3.63) is 28.8 Å². The van der Waals surface area contributed by atoms with E-state index in [2.05, 4.69) is 10.3 Å². The van der Waals surface area contributed by atoms with Crippen LogP contribution in [0.2, 0.25) is 5.15 Å². The molecule has 1 atom stereocenters. The van der Waals surface area contributed by atoms with Crippen LogP contribution >= 0.6 is 11.6 Å². The molecule has 1 N–H and O–H groups in total. The summed E-state index contributed by atoms with van der Waals surface area (Å²) in [5, 5.41) is 3.28. The molecule has 14 heavy (non-hydrogen) atoms. The zero-order valence-electron chi connectivity index (χ0n) is 7.76. The minimum Gasteiger partial charge on any atom is -0.310 e. The summed E-state index contributed by atoms with van der Waals surface area (Å²) in [6.45, 7) is 0.995. The van der Waals surface area contributed by atoms with Gasteiger partial charge in [-0.2, -0.15) is 0 Å². The molecule has 2 rings (SSSR count). The fraction of sp³-hybridized carbons (Fsp3) is 0.500. The average molecular weight is 215 g/mol. The predicted octanol–water partition coefficient (Wildman–Crippen LogP) is 2.69. The van der Waals surface area contributed by atoms with Crippen LogP contribution in [0.25, 0.3) is 0 Å². The third-order valence-electron chi connectivity index (χ3n) is 2.53. The lowest BCUT2D eigenvalue weighted by atomic mass is 9.99. The van der Waals surface area contributed by atoms with Crippen LogP contribution < -0.4 is 5.32 Å². The smallest absolute Gasteiger partial charge is 0.164 e. The van der Waals surface area contributed by atoms with Crippen molar-refractivity contribution in [3.63, 3.8) is 0 Å². The third-order valence-corrected chi connectivity index (χ3v) is 2.81. The molecule has 1 saturated heterocycles. The van der Waals surface area contributed by atoms with Crippen LogP contribution in [0, 0.1) is 5.82 Å². The number of nitrogens with zero attached hydrogens (tertiary/aromatic N) is 1. The van der Waals surface area contributed by atoms with E-state index in [1.165, 1.54) is 18.9 Å². The molecule has 1 aliphatic rings. The lowest BCUT2D eigenvalue weighted by molar-refractivity contribution is 0.410. The zero-order chi connectivity index (χ0) is 9.97. The first kappa shape index (κ1) is 9.87. The summed E-state index contributed by atoms with van der Waals surface area (Å²) >= 11 is 5.51. The minimum atomic E-state index is -0.434. The van der Waals surface area contributed by atoms with E-state index in [-0.39, 0.29) is 11.2 Å². The third kappa shape index (κ3) is 2.04. The Bertz CT molecular complexity index is 324. The molecule has 0 saturated carbocycles. The molecule has 1 aromatic heterocycles. The number of aromatic nitrogens is 1. The summed E-state index contributed by atoms with van der Waals surface area (Å²) in [5.41, 5.74) is 0.895. The van der Waals surface area contributed by atoms with Gasteiger partial charge in [-0.25, -0.2) is 9.37 Å². The van der Waals surface area contributed by atoms with Crippen LogP contribution in [-0.2, 0) is 0 Å². The highest BCUT2D eigenvalue weighted by Crippen LogP contribution is 2.24. The standard InChI is InChI=1S/C10H12ClFN2/c11-10-8(12)5-7(6-14-10)9-3-1-2-4-13-9/h5-6,9,13H,1-4H2/t9-/m0/s1. The summed E-state index contributed by atoms with van der Waals surface area (Å²) in [5.74, 6) is -0.434. The summed E-state index contributed by atoms with van der Waals surface area (Å²) in [6, 6.07) is 1.71. The van der Waals surface area contributed by atoms with Crippen molar-refractivity contribution in [1.29, 1.82) is 0 Å². The molecule has 2 heterocycles. The van der Waals surface area contributed by atoms with Crippen molar-refractivity contribution in [2.75, 3.05) is 6.54 Å². The highest BCUT2D eigenvalue weighted by Gasteiger charge is 2.16. The number of nitrogens with one attached hydrogen (secondary N) is 1. The Morgan fingerprint density at radius 2 is 2.36 bits per heavy atom. The Labute approximate surface area is 87.5 Å². The molecular weight excluding hydrogens is 203 g/mol. The number of hydrogen-bond donors (Lipinski definition) is 1. The van der Waals surface area contributed by atoms with E-state index in [0.717, 1.165) is 18.5 Å². The van der Waals surface area contributed by atoms with Crippen molar-refractivity contribution in [1.82, 2.24) is 10.3 Å². The molecule has 0 aromatic carbocycles. The first-order chi connectivity index (χ1) is 6.77. The molecule has 0 amide bonds. The van der Waals surface area contributed by atoms with Crippen molar-refractivity contribution in [2.24, 2.45) is 0 Å². The summed E-state index contributed by atoms with van der Waals surface area (Å²) in [7, 11) is 0. The number of hydrogen-bond acceptors (Lipinski definition) is 2. The van der Waals surface area contributed by atoms with E-state index in [0.29, 0.717) is 0 Å². The topological polar surface area (TPSA) is 24.9 Å². The highest BCUT2D eigenvalue weighted by atomic mass is 35.5. The molecule has 1 aromatic rings. The molecule has 0 radical (unpaired) electrons. The number of piperidine rings is 1. The first-order valence-corrected chi connectivity index (χ1v) is 5.19. The van der Waals surface area contributed by atoms with E-state index in [1.54, 1.807) is 6.20 Å². The highest BCUT2D eigenvalue weighted by molar-refractivity contribution is 6.29. The maximum Gasteiger partial charge on any atom is 0.164 e. The van der Waals surface area contributed by atoms with Gasteiger partial charge < -0.3 is 5.32 Å². The van der Waals surface area contributed by atoms with Crippen molar-refractivity contribution >= 4 is 11.6 Å². The first-order valence-electron chi connectivity index (χ1n) is 4.81. The zero-order valence-corrected chi connectivity index (χ0v) is 8.52. The quantitative estimate of drug-likeness (QED) is 0.728. The monoisotopic (exact) mass is 214 g/mol. The van der Waals surface area contributed by atoms with Gasteiger partial charge in [-0.1, -0.05) is 18.0 Å². The predicted molar refractivity (Wildman–Crippen MR) is 53.8 cm³/mol. The Hall–Kier alpha value is -0.670. The van der Waals surface area contributed by atoms with E-state index in [1.807, 2.05) is 0 Å². The van der Waals surface area contributed by atoms with Crippen LogP contribution in [0.3, 0.4) is 0 Å². The molecule has 76 valence electrons.